The minimum Gasteiger partial charge on any atom is -0.349 e. The number of hydrogen-bond acceptors (Lipinski definition) is 3. The van der Waals surface area contributed by atoms with Gasteiger partial charge < -0.3 is 10.2 Å². The van der Waals surface area contributed by atoms with Crippen LogP contribution in [0.3, 0.4) is 0 Å². The van der Waals surface area contributed by atoms with Crippen LogP contribution in [0.15, 0.2) is 24.4 Å². The number of aromatic nitrogens is 2. The first-order valence-electron chi connectivity index (χ1n) is 11.2. The fraction of sp³-hybridized carbons (Fsp3) is 0.542. The summed E-state index contributed by atoms with van der Waals surface area (Å²) in [6, 6.07) is 6.44. The number of hydrogen-bond donors (Lipinski definition) is 1. The van der Waals surface area contributed by atoms with E-state index in [2.05, 4.69) is 42.5 Å². The number of likely N-dealkylation sites (tertiary alicyclic amines) is 1. The molecule has 6 nitrogen and oxygen atoms in total. The summed E-state index contributed by atoms with van der Waals surface area (Å²) in [5, 5.41) is 7.86. The van der Waals surface area contributed by atoms with Crippen molar-refractivity contribution in [1.82, 2.24) is 20.0 Å². The van der Waals surface area contributed by atoms with Gasteiger partial charge in [-0.15, -0.1) is 0 Å². The van der Waals surface area contributed by atoms with E-state index in [-0.39, 0.29) is 17.9 Å². The highest BCUT2D eigenvalue weighted by Crippen LogP contribution is 2.31. The summed E-state index contributed by atoms with van der Waals surface area (Å²) in [7, 11) is 0. The van der Waals surface area contributed by atoms with Crippen LogP contribution in [-0.2, 0) is 16.0 Å². The Morgan fingerprint density at radius 3 is 2.83 bits per heavy atom. The third-order valence-corrected chi connectivity index (χ3v) is 6.51. The lowest BCUT2D eigenvalue weighted by Crippen LogP contribution is -2.37. The second-order valence-electron chi connectivity index (χ2n) is 8.68. The van der Waals surface area contributed by atoms with Crippen LogP contribution in [0.4, 0.5) is 0 Å². The van der Waals surface area contributed by atoms with Crippen LogP contribution in [0.25, 0.3) is 5.69 Å². The molecule has 6 heteroatoms. The van der Waals surface area contributed by atoms with Gasteiger partial charge >= 0.3 is 0 Å². The standard InChI is InChI=1S/C24H32N4O2/c1-17-11-12-19(15-18(17)2)28-22-8-5-7-21(20(22)16-25-28)26-23(29)9-6-14-27-13-4-3-10-24(27)30/h11-12,15-16,21H,3-10,13-14H2,1-2H3,(H,26,29)/t21-/m0/s1. The summed E-state index contributed by atoms with van der Waals surface area (Å²) < 4.78 is 2.03. The Bertz CT molecular complexity index is 933. The predicted octanol–water partition coefficient (Wildman–Crippen LogP) is 3.78. The lowest BCUT2D eigenvalue weighted by molar-refractivity contribution is -0.133. The zero-order chi connectivity index (χ0) is 21.1. The number of benzene rings is 1. The Kier molecular flexibility index (Phi) is 6.21. The Labute approximate surface area is 178 Å². The monoisotopic (exact) mass is 408 g/mol. The Morgan fingerprint density at radius 1 is 1.17 bits per heavy atom. The molecule has 1 aromatic carbocycles. The molecule has 2 aromatic rings. The SMILES string of the molecule is Cc1ccc(-n2ncc3c2CCC[C@@H]3NC(=O)CCCN2CCCCC2=O)cc1C. The average Bonchev–Trinajstić information content (AvgIpc) is 3.17. The maximum absolute atomic E-state index is 12.6. The van der Waals surface area contributed by atoms with E-state index in [9.17, 15) is 9.59 Å². The molecular weight excluding hydrogens is 376 g/mol. The Morgan fingerprint density at radius 2 is 2.03 bits per heavy atom. The van der Waals surface area contributed by atoms with E-state index in [0.29, 0.717) is 19.4 Å². The number of amides is 2. The van der Waals surface area contributed by atoms with E-state index in [4.69, 9.17) is 0 Å². The molecule has 1 fully saturated rings. The molecule has 1 saturated heterocycles. The number of piperidine rings is 1. The molecule has 30 heavy (non-hydrogen) atoms. The van der Waals surface area contributed by atoms with Crippen LogP contribution in [0.1, 0.15) is 73.4 Å². The van der Waals surface area contributed by atoms with Crippen molar-refractivity contribution in [1.29, 1.82) is 0 Å². The highest BCUT2D eigenvalue weighted by molar-refractivity contribution is 5.78. The summed E-state index contributed by atoms with van der Waals surface area (Å²) in [6.07, 6.45) is 8.79. The molecule has 0 bridgehead atoms. The molecule has 2 aliphatic rings. The largest absolute Gasteiger partial charge is 0.349 e. The second kappa shape index (κ2) is 9.02. The molecule has 160 valence electrons. The molecule has 2 amide bonds. The molecule has 1 aliphatic carbocycles. The smallest absolute Gasteiger partial charge is 0.222 e. The van der Waals surface area contributed by atoms with Gasteiger partial charge in [-0.25, -0.2) is 4.68 Å². The van der Waals surface area contributed by atoms with Gasteiger partial charge in [0.15, 0.2) is 0 Å². The number of carbonyl (C=O) groups is 2. The van der Waals surface area contributed by atoms with Crippen LogP contribution in [0.2, 0.25) is 0 Å². The van der Waals surface area contributed by atoms with Crippen molar-refractivity contribution in [2.45, 2.75) is 71.3 Å². The van der Waals surface area contributed by atoms with Gasteiger partial charge in [-0.1, -0.05) is 6.07 Å². The van der Waals surface area contributed by atoms with Crippen LogP contribution in [0, 0.1) is 13.8 Å². The van der Waals surface area contributed by atoms with Crippen molar-refractivity contribution in [2.75, 3.05) is 13.1 Å². The van der Waals surface area contributed by atoms with Gasteiger partial charge in [-0.05, 0) is 75.6 Å². The Hall–Kier alpha value is -2.63. The number of aryl methyl sites for hydroxylation is 2. The predicted molar refractivity (Wildman–Crippen MR) is 117 cm³/mol. The normalized spacial score (nSPS) is 18.9. The molecule has 1 atom stereocenters. The van der Waals surface area contributed by atoms with E-state index >= 15 is 0 Å². The number of nitrogens with zero attached hydrogens (tertiary/aromatic N) is 3. The van der Waals surface area contributed by atoms with Crippen LogP contribution in [0.5, 0.6) is 0 Å². The van der Waals surface area contributed by atoms with Crippen molar-refractivity contribution >= 4 is 11.8 Å². The molecule has 0 radical (unpaired) electrons. The van der Waals surface area contributed by atoms with Crippen LogP contribution in [-0.4, -0.2) is 39.6 Å². The highest BCUT2D eigenvalue weighted by Gasteiger charge is 2.26. The van der Waals surface area contributed by atoms with Crippen molar-refractivity contribution in [3.63, 3.8) is 0 Å². The summed E-state index contributed by atoms with van der Waals surface area (Å²) in [4.78, 5) is 26.4. The zero-order valence-electron chi connectivity index (χ0n) is 18.1. The first-order valence-corrected chi connectivity index (χ1v) is 11.2. The first-order chi connectivity index (χ1) is 14.5. The lowest BCUT2D eigenvalue weighted by atomic mass is 9.92. The number of carbonyl (C=O) groups excluding carboxylic acids is 2. The summed E-state index contributed by atoms with van der Waals surface area (Å²) in [5.74, 6) is 0.300. The second-order valence-corrected chi connectivity index (χ2v) is 8.68. The van der Waals surface area contributed by atoms with E-state index in [0.717, 1.165) is 56.3 Å². The molecule has 0 unspecified atom stereocenters. The topological polar surface area (TPSA) is 67.2 Å². The third kappa shape index (κ3) is 4.42. The molecule has 0 saturated carbocycles. The third-order valence-electron chi connectivity index (χ3n) is 6.51. The summed E-state index contributed by atoms with van der Waals surface area (Å²) in [6.45, 7) is 5.76. The van der Waals surface area contributed by atoms with Crippen molar-refractivity contribution in [3.8, 4) is 5.69 Å². The molecule has 1 aromatic heterocycles. The molecule has 4 rings (SSSR count). The van der Waals surface area contributed by atoms with Crippen molar-refractivity contribution in [3.05, 3.63) is 46.8 Å². The van der Waals surface area contributed by atoms with Gasteiger partial charge in [-0.2, -0.15) is 5.10 Å². The Balaban J connectivity index is 1.37. The minimum atomic E-state index is 0.0261. The van der Waals surface area contributed by atoms with Crippen LogP contribution >= 0.6 is 0 Å². The molecular formula is C24H32N4O2. The number of fused-ring (bicyclic) bond motifs is 1. The van der Waals surface area contributed by atoms with Gasteiger partial charge in [0, 0.05) is 37.2 Å². The summed E-state index contributed by atoms with van der Waals surface area (Å²) >= 11 is 0. The number of rotatable bonds is 6. The minimum absolute atomic E-state index is 0.0261. The lowest BCUT2D eigenvalue weighted by Gasteiger charge is -2.27. The fourth-order valence-electron chi connectivity index (χ4n) is 4.58. The zero-order valence-corrected chi connectivity index (χ0v) is 18.1. The quantitative estimate of drug-likeness (QED) is 0.791. The highest BCUT2D eigenvalue weighted by atomic mass is 16.2. The van der Waals surface area contributed by atoms with Gasteiger partial charge in [0.25, 0.3) is 0 Å². The molecule has 2 heterocycles. The number of nitrogens with one attached hydrogen (secondary N) is 1. The van der Waals surface area contributed by atoms with Gasteiger partial charge in [-0.3, -0.25) is 9.59 Å². The van der Waals surface area contributed by atoms with Gasteiger partial charge in [0.05, 0.1) is 17.9 Å². The average molecular weight is 409 g/mol. The maximum Gasteiger partial charge on any atom is 0.222 e. The van der Waals surface area contributed by atoms with Crippen LogP contribution < -0.4 is 5.32 Å². The first kappa shape index (κ1) is 20.6. The van der Waals surface area contributed by atoms with Crippen molar-refractivity contribution < 1.29 is 9.59 Å². The molecule has 1 aliphatic heterocycles. The van der Waals surface area contributed by atoms with E-state index in [1.165, 1.54) is 16.8 Å². The van der Waals surface area contributed by atoms with E-state index < -0.39 is 0 Å². The molecule has 0 spiro atoms. The maximum atomic E-state index is 12.6. The molecule has 1 N–H and O–H groups in total. The van der Waals surface area contributed by atoms with Crippen molar-refractivity contribution in [2.24, 2.45) is 0 Å². The van der Waals surface area contributed by atoms with E-state index in [1.807, 2.05) is 15.8 Å². The summed E-state index contributed by atoms with van der Waals surface area (Å²) in [5.41, 5.74) is 5.95. The van der Waals surface area contributed by atoms with Gasteiger partial charge in [0.2, 0.25) is 11.8 Å². The fourth-order valence-corrected chi connectivity index (χ4v) is 4.58. The van der Waals surface area contributed by atoms with Gasteiger partial charge in [0.1, 0.15) is 0 Å². The van der Waals surface area contributed by atoms with E-state index in [1.54, 1.807) is 0 Å².